The van der Waals surface area contributed by atoms with Crippen LogP contribution in [0.1, 0.15) is 11.1 Å². The number of nitrogens with one attached hydrogen (secondary N) is 1. The highest BCUT2D eigenvalue weighted by Gasteiger charge is 2.24. The Morgan fingerprint density at radius 2 is 1.91 bits per heavy atom. The van der Waals surface area contributed by atoms with E-state index in [1.807, 2.05) is 0 Å². The average Bonchev–Trinajstić information content (AvgIpc) is 2.45. The molecule has 2 rings (SSSR count). The van der Waals surface area contributed by atoms with Crippen LogP contribution in [0.2, 0.25) is 10.0 Å². The lowest BCUT2D eigenvalue weighted by Crippen LogP contribution is -2.15. The van der Waals surface area contributed by atoms with Crippen molar-refractivity contribution >= 4 is 38.9 Å². The van der Waals surface area contributed by atoms with Gasteiger partial charge in [-0.1, -0.05) is 23.2 Å². The van der Waals surface area contributed by atoms with E-state index in [0.29, 0.717) is 27.7 Å². The molecule has 118 valence electrons. The number of rotatable bonds is 4. The Hall–Kier alpha value is -1.50. The number of nitrogens with zero attached hydrogens (tertiary/aromatic N) is 1. The molecule has 1 N–H and O–H groups in total. The van der Waals surface area contributed by atoms with Gasteiger partial charge in [0.1, 0.15) is 4.90 Å². The third-order valence-corrected chi connectivity index (χ3v) is 5.60. The summed E-state index contributed by atoms with van der Waals surface area (Å²) in [5.74, 6) is 0.385. The molecule has 0 bridgehead atoms. The van der Waals surface area contributed by atoms with Gasteiger partial charge in [-0.15, -0.1) is 0 Å². The van der Waals surface area contributed by atoms with Crippen LogP contribution < -0.4 is 9.46 Å². The van der Waals surface area contributed by atoms with E-state index in [2.05, 4.69) is 9.71 Å². The monoisotopic (exact) mass is 360 g/mol. The second kappa shape index (κ2) is 6.32. The number of sulfonamides is 1. The summed E-state index contributed by atoms with van der Waals surface area (Å²) in [4.78, 5) is 3.91. The number of hydrogen-bond acceptors (Lipinski definition) is 4. The van der Waals surface area contributed by atoms with Gasteiger partial charge in [0, 0.05) is 11.1 Å². The first kappa shape index (κ1) is 16.9. The molecule has 1 aromatic heterocycles. The van der Waals surface area contributed by atoms with Crippen molar-refractivity contribution in [3.8, 4) is 5.88 Å². The lowest BCUT2D eigenvalue weighted by atomic mass is 10.2. The number of halogens is 2. The Labute approximate surface area is 139 Å². The van der Waals surface area contributed by atoms with Gasteiger partial charge >= 0.3 is 0 Å². The van der Waals surface area contributed by atoms with Crippen LogP contribution in [0.4, 0.5) is 5.69 Å². The van der Waals surface area contributed by atoms with E-state index in [0.717, 1.165) is 0 Å². The molecule has 0 spiro atoms. The highest BCUT2D eigenvalue weighted by atomic mass is 35.5. The van der Waals surface area contributed by atoms with Gasteiger partial charge in [-0.25, -0.2) is 13.4 Å². The second-order valence-corrected chi connectivity index (χ2v) is 7.04. The molecule has 5 nitrogen and oxygen atoms in total. The van der Waals surface area contributed by atoms with Crippen molar-refractivity contribution in [3.63, 3.8) is 0 Å². The number of aromatic nitrogens is 1. The summed E-state index contributed by atoms with van der Waals surface area (Å²) in [5, 5.41) is 0.492. The summed E-state index contributed by atoms with van der Waals surface area (Å²) in [6.45, 7) is 3.30. The largest absolute Gasteiger partial charge is 0.481 e. The Morgan fingerprint density at radius 1 is 1.23 bits per heavy atom. The number of aryl methyl sites for hydroxylation is 1. The molecule has 0 radical (unpaired) electrons. The molecule has 0 saturated heterocycles. The molecule has 0 unspecified atom stereocenters. The van der Waals surface area contributed by atoms with Gasteiger partial charge in [-0.2, -0.15) is 0 Å². The van der Waals surface area contributed by atoms with E-state index in [1.165, 1.54) is 13.3 Å². The molecule has 1 heterocycles. The van der Waals surface area contributed by atoms with Gasteiger partial charge in [-0.05, 0) is 37.1 Å². The smallest absolute Gasteiger partial charge is 0.263 e. The minimum Gasteiger partial charge on any atom is -0.481 e. The number of methoxy groups -OCH3 is 1. The molecule has 22 heavy (non-hydrogen) atoms. The first-order valence-corrected chi connectivity index (χ1v) is 8.48. The Morgan fingerprint density at radius 3 is 2.45 bits per heavy atom. The van der Waals surface area contributed by atoms with Crippen molar-refractivity contribution in [1.82, 2.24) is 4.98 Å². The molecular formula is C14H14Cl2N2O3S. The highest BCUT2D eigenvalue weighted by molar-refractivity contribution is 7.93. The van der Waals surface area contributed by atoms with Crippen molar-refractivity contribution in [2.24, 2.45) is 0 Å². The van der Waals surface area contributed by atoms with Crippen LogP contribution in [0.3, 0.4) is 0 Å². The van der Waals surface area contributed by atoms with Crippen LogP contribution in [-0.4, -0.2) is 20.5 Å². The standard InChI is InChI=1S/C14H14Cl2N2O3S/c1-8-6-11(15)9(2)14(13(8)16)22(19,20)18-10-4-5-12(21-3)17-7-10/h4-7,18H,1-3H3. The van der Waals surface area contributed by atoms with E-state index in [9.17, 15) is 8.42 Å². The van der Waals surface area contributed by atoms with Crippen molar-refractivity contribution in [2.75, 3.05) is 11.8 Å². The summed E-state index contributed by atoms with van der Waals surface area (Å²) in [5.41, 5.74) is 1.28. The third kappa shape index (κ3) is 3.29. The lowest BCUT2D eigenvalue weighted by molar-refractivity contribution is 0.398. The number of anilines is 1. The molecule has 1 aromatic carbocycles. The fraction of sp³-hybridized carbons (Fsp3) is 0.214. The summed E-state index contributed by atoms with van der Waals surface area (Å²) in [7, 11) is -2.41. The Balaban J connectivity index is 2.46. The minimum atomic E-state index is -3.89. The van der Waals surface area contributed by atoms with E-state index in [4.69, 9.17) is 27.9 Å². The molecule has 0 saturated carbocycles. The van der Waals surface area contributed by atoms with E-state index in [1.54, 1.807) is 32.0 Å². The molecule has 0 fully saturated rings. The minimum absolute atomic E-state index is 0.0324. The number of hydrogen-bond donors (Lipinski definition) is 1. The summed E-state index contributed by atoms with van der Waals surface area (Å²) < 4.78 is 32.5. The first-order valence-electron chi connectivity index (χ1n) is 6.24. The third-order valence-electron chi connectivity index (χ3n) is 3.05. The fourth-order valence-corrected chi connectivity index (χ4v) is 4.16. The van der Waals surface area contributed by atoms with Gasteiger partial charge in [0.2, 0.25) is 5.88 Å². The normalized spacial score (nSPS) is 11.3. The van der Waals surface area contributed by atoms with Crippen LogP contribution in [-0.2, 0) is 10.0 Å². The van der Waals surface area contributed by atoms with Crippen LogP contribution in [0.15, 0.2) is 29.3 Å². The van der Waals surface area contributed by atoms with E-state index >= 15 is 0 Å². The second-order valence-electron chi connectivity index (χ2n) is 4.64. The topological polar surface area (TPSA) is 68.3 Å². The summed E-state index contributed by atoms with van der Waals surface area (Å²) in [6.07, 6.45) is 1.36. The molecule has 8 heteroatoms. The lowest BCUT2D eigenvalue weighted by Gasteiger charge is -2.14. The van der Waals surface area contributed by atoms with Crippen LogP contribution in [0, 0.1) is 13.8 Å². The quantitative estimate of drug-likeness (QED) is 0.899. The molecule has 0 amide bonds. The average molecular weight is 361 g/mol. The Kier molecular flexibility index (Phi) is 4.84. The van der Waals surface area contributed by atoms with Crippen molar-refractivity contribution < 1.29 is 13.2 Å². The summed E-state index contributed by atoms with van der Waals surface area (Å²) >= 11 is 12.2. The number of ether oxygens (including phenoxy) is 1. The van der Waals surface area contributed by atoms with Crippen LogP contribution in [0.25, 0.3) is 0 Å². The molecular weight excluding hydrogens is 347 g/mol. The SMILES string of the molecule is COc1ccc(NS(=O)(=O)c2c(C)c(Cl)cc(C)c2Cl)cn1. The van der Waals surface area contributed by atoms with Crippen molar-refractivity contribution in [2.45, 2.75) is 18.7 Å². The molecule has 0 aliphatic carbocycles. The predicted molar refractivity (Wildman–Crippen MR) is 87.5 cm³/mol. The van der Waals surface area contributed by atoms with Gasteiger partial charge in [0.05, 0.1) is 24.0 Å². The maximum Gasteiger partial charge on any atom is 0.263 e. The predicted octanol–water partition coefficient (Wildman–Crippen LogP) is 3.81. The maximum atomic E-state index is 12.6. The molecule has 0 atom stereocenters. The highest BCUT2D eigenvalue weighted by Crippen LogP contribution is 2.34. The van der Waals surface area contributed by atoms with E-state index in [-0.39, 0.29) is 9.92 Å². The maximum absolute atomic E-state index is 12.6. The zero-order valence-electron chi connectivity index (χ0n) is 12.1. The Bertz CT molecular complexity index is 780. The van der Waals surface area contributed by atoms with Crippen LogP contribution in [0.5, 0.6) is 5.88 Å². The number of benzene rings is 1. The van der Waals surface area contributed by atoms with Gasteiger partial charge in [-0.3, -0.25) is 4.72 Å². The first-order chi connectivity index (χ1) is 10.3. The zero-order valence-corrected chi connectivity index (χ0v) is 14.5. The molecule has 2 aromatic rings. The summed E-state index contributed by atoms with van der Waals surface area (Å²) in [6, 6.07) is 4.73. The molecule has 0 aliphatic heterocycles. The van der Waals surface area contributed by atoms with Crippen LogP contribution >= 0.6 is 23.2 Å². The van der Waals surface area contributed by atoms with Gasteiger partial charge < -0.3 is 4.74 Å². The van der Waals surface area contributed by atoms with Crippen molar-refractivity contribution in [1.29, 1.82) is 0 Å². The van der Waals surface area contributed by atoms with Crippen molar-refractivity contribution in [3.05, 3.63) is 45.6 Å². The van der Waals surface area contributed by atoms with E-state index < -0.39 is 10.0 Å². The fourth-order valence-electron chi connectivity index (χ4n) is 1.90. The van der Waals surface area contributed by atoms with Gasteiger partial charge in [0.25, 0.3) is 10.0 Å². The molecule has 0 aliphatic rings. The van der Waals surface area contributed by atoms with Gasteiger partial charge in [0.15, 0.2) is 0 Å². The number of pyridine rings is 1. The zero-order chi connectivity index (χ0) is 16.5.